The summed E-state index contributed by atoms with van der Waals surface area (Å²) < 4.78 is 4.64. The molecule has 1 aliphatic heterocycles. The lowest BCUT2D eigenvalue weighted by Gasteiger charge is -2.14. The zero-order valence-corrected chi connectivity index (χ0v) is 7.43. The Kier molecular flexibility index (Phi) is 3.58. The summed E-state index contributed by atoms with van der Waals surface area (Å²) in [5.74, 6) is -1.60. The number of esters is 1. The van der Waals surface area contributed by atoms with Crippen molar-refractivity contribution in [2.24, 2.45) is 0 Å². The van der Waals surface area contributed by atoms with Gasteiger partial charge in [-0.3, -0.25) is 14.9 Å². The van der Waals surface area contributed by atoms with Gasteiger partial charge in [-0.15, -0.1) is 0 Å². The van der Waals surface area contributed by atoms with Gasteiger partial charge in [0.1, 0.15) is 18.4 Å². The van der Waals surface area contributed by atoms with E-state index in [9.17, 15) is 14.4 Å². The molecule has 0 aliphatic carbocycles. The Balaban J connectivity index is 2.49. The number of carbonyl (C=O) groups is 3. The third kappa shape index (κ3) is 2.53. The van der Waals surface area contributed by atoms with Gasteiger partial charge in [0, 0.05) is 12.8 Å². The summed E-state index contributed by atoms with van der Waals surface area (Å²) in [6, 6.07) is -1.61. The molecule has 2 N–H and O–H groups in total. The minimum Gasteiger partial charge on any atom is -0.480 e. The van der Waals surface area contributed by atoms with Crippen molar-refractivity contribution >= 4 is 18.2 Å². The van der Waals surface area contributed by atoms with Gasteiger partial charge >= 0.3 is 11.9 Å². The van der Waals surface area contributed by atoms with E-state index in [1.54, 1.807) is 0 Å². The number of aldehydes is 1. The van der Waals surface area contributed by atoms with Gasteiger partial charge in [-0.1, -0.05) is 0 Å². The number of carbonyl (C=O) groups excluding carboxylic acids is 2. The first kappa shape index (κ1) is 10.6. The minimum atomic E-state index is -1.14. The molecule has 0 radical (unpaired) electrons. The Morgan fingerprint density at radius 1 is 1.79 bits per heavy atom. The highest BCUT2D eigenvalue weighted by Crippen LogP contribution is 2.07. The van der Waals surface area contributed by atoms with E-state index in [-0.39, 0.29) is 6.42 Å². The van der Waals surface area contributed by atoms with Crippen molar-refractivity contribution in [3.63, 3.8) is 0 Å². The maximum atomic E-state index is 11.0. The van der Waals surface area contributed by atoms with Crippen LogP contribution in [-0.4, -0.2) is 42.0 Å². The lowest BCUT2D eigenvalue weighted by molar-refractivity contribution is -0.142. The van der Waals surface area contributed by atoms with Crippen LogP contribution in [0.3, 0.4) is 0 Å². The van der Waals surface area contributed by atoms with E-state index < -0.39 is 24.0 Å². The zero-order chi connectivity index (χ0) is 10.6. The molecule has 1 rings (SSSR count). The fourth-order valence-corrected chi connectivity index (χ4v) is 1.23. The number of aliphatic carboxylic acids is 1. The van der Waals surface area contributed by atoms with Gasteiger partial charge < -0.3 is 14.6 Å². The van der Waals surface area contributed by atoms with Gasteiger partial charge in [-0.2, -0.15) is 0 Å². The van der Waals surface area contributed by atoms with Crippen LogP contribution < -0.4 is 5.32 Å². The average molecular weight is 201 g/mol. The van der Waals surface area contributed by atoms with E-state index in [4.69, 9.17) is 5.11 Å². The fraction of sp³-hybridized carbons (Fsp3) is 0.625. The number of hydrogen-bond donors (Lipinski definition) is 2. The Morgan fingerprint density at radius 3 is 2.93 bits per heavy atom. The summed E-state index contributed by atoms with van der Waals surface area (Å²) in [6.07, 6.45) is 0.798. The smallest absolute Gasteiger partial charge is 0.323 e. The Hall–Kier alpha value is -1.43. The SMILES string of the molecule is O=CCC(NC1CCOC1=O)C(=O)O. The van der Waals surface area contributed by atoms with Crippen LogP contribution in [0.2, 0.25) is 0 Å². The highest BCUT2D eigenvalue weighted by atomic mass is 16.5. The van der Waals surface area contributed by atoms with Crippen molar-refractivity contribution in [2.45, 2.75) is 24.9 Å². The van der Waals surface area contributed by atoms with Crippen LogP contribution >= 0.6 is 0 Å². The van der Waals surface area contributed by atoms with Crippen LogP contribution in [0.1, 0.15) is 12.8 Å². The maximum Gasteiger partial charge on any atom is 0.323 e. The fourth-order valence-electron chi connectivity index (χ4n) is 1.23. The standard InChI is InChI=1S/C8H11NO5/c10-3-1-5(7(11)12)9-6-2-4-14-8(6)13/h3,5-6,9H,1-2,4H2,(H,11,12). The molecule has 0 saturated carbocycles. The molecule has 6 nitrogen and oxygen atoms in total. The predicted molar refractivity (Wildman–Crippen MR) is 44.6 cm³/mol. The van der Waals surface area contributed by atoms with Gasteiger partial charge in [-0.05, 0) is 0 Å². The Bertz CT molecular complexity index is 252. The number of cyclic esters (lactones) is 1. The average Bonchev–Trinajstić information content (AvgIpc) is 2.51. The lowest BCUT2D eigenvalue weighted by atomic mass is 10.1. The second-order valence-corrected chi connectivity index (χ2v) is 2.97. The van der Waals surface area contributed by atoms with Gasteiger partial charge in [0.25, 0.3) is 0 Å². The summed E-state index contributed by atoms with van der Waals surface area (Å²) in [7, 11) is 0. The highest BCUT2D eigenvalue weighted by Gasteiger charge is 2.30. The molecule has 0 aromatic heterocycles. The van der Waals surface area contributed by atoms with Crippen LogP contribution in [0.15, 0.2) is 0 Å². The predicted octanol–water partition coefficient (Wildman–Crippen LogP) is -1.07. The molecule has 0 spiro atoms. The van der Waals surface area contributed by atoms with Crippen molar-refractivity contribution in [1.82, 2.24) is 5.32 Å². The van der Waals surface area contributed by atoms with Crippen molar-refractivity contribution in [2.75, 3.05) is 6.61 Å². The number of nitrogens with one attached hydrogen (secondary N) is 1. The molecule has 1 fully saturated rings. The van der Waals surface area contributed by atoms with E-state index >= 15 is 0 Å². The molecule has 0 aromatic rings. The molecule has 1 saturated heterocycles. The third-order valence-electron chi connectivity index (χ3n) is 1.97. The largest absolute Gasteiger partial charge is 0.480 e. The van der Waals surface area contributed by atoms with Gasteiger partial charge in [0.05, 0.1) is 6.61 Å². The molecule has 0 amide bonds. The number of rotatable bonds is 5. The van der Waals surface area contributed by atoms with E-state index in [0.29, 0.717) is 19.3 Å². The first-order valence-corrected chi connectivity index (χ1v) is 4.24. The topological polar surface area (TPSA) is 92.7 Å². The number of ether oxygens (including phenoxy) is 1. The highest BCUT2D eigenvalue weighted by molar-refractivity contribution is 5.81. The van der Waals surface area contributed by atoms with Crippen LogP contribution in [0.5, 0.6) is 0 Å². The van der Waals surface area contributed by atoms with Crippen molar-refractivity contribution in [3.8, 4) is 0 Å². The van der Waals surface area contributed by atoms with Crippen molar-refractivity contribution < 1.29 is 24.2 Å². The van der Waals surface area contributed by atoms with Crippen LogP contribution in [-0.2, 0) is 19.1 Å². The first-order valence-electron chi connectivity index (χ1n) is 4.24. The Labute approximate surface area is 80.2 Å². The third-order valence-corrected chi connectivity index (χ3v) is 1.97. The second-order valence-electron chi connectivity index (χ2n) is 2.97. The van der Waals surface area contributed by atoms with Crippen molar-refractivity contribution in [3.05, 3.63) is 0 Å². The molecular formula is C8H11NO5. The summed E-state index contributed by atoms with van der Waals surface area (Å²) in [5.41, 5.74) is 0. The maximum absolute atomic E-state index is 11.0. The van der Waals surface area contributed by atoms with Gasteiger partial charge in [0.15, 0.2) is 0 Å². The van der Waals surface area contributed by atoms with E-state index in [2.05, 4.69) is 10.1 Å². The van der Waals surface area contributed by atoms with E-state index in [1.165, 1.54) is 0 Å². The number of carboxylic acid groups (broad SMARTS) is 1. The summed E-state index contributed by atoms with van der Waals surface area (Å²) in [6.45, 7) is 0.296. The first-order chi connectivity index (χ1) is 6.65. The molecule has 1 aliphatic rings. The molecule has 2 atom stereocenters. The number of hydrogen-bond acceptors (Lipinski definition) is 5. The molecule has 6 heteroatoms. The number of carboxylic acids is 1. The molecule has 0 bridgehead atoms. The lowest BCUT2D eigenvalue weighted by Crippen LogP contribution is -2.45. The van der Waals surface area contributed by atoms with Gasteiger partial charge in [0.2, 0.25) is 0 Å². The minimum absolute atomic E-state index is 0.154. The molecule has 2 unspecified atom stereocenters. The van der Waals surface area contributed by atoms with Crippen LogP contribution in [0.25, 0.3) is 0 Å². The summed E-state index contributed by atoms with van der Waals surface area (Å²) >= 11 is 0. The zero-order valence-electron chi connectivity index (χ0n) is 7.43. The van der Waals surface area contributed by atoms with E-state index in [1.807, 2.05) is 0 Å². The molecule has 78 valence electrons. The molecular weight excluding hydrogens is 190 g/mol. The molecule has 1 heterocycles. The normalized spacial score (nSPS) is 22.9. The Morgan fingerprint density at radius 2 is 2.50 bits per heavy atom. The second kappa shape index (κ2) is 4.71. The molecule has 0 aromatic carbocycles. The van der Waals surface area contributed by atoms with Gasteiger partial charge in [-0.25, -0.2) is 0 Å². The van der Waals surface area contributed by atoms with Crippen LogP contribution in [0, 0.1) is 0 Å². The van der Waals surface area contributed by atoms with Crippen molar-refractivity contribution in [1.29, 1.82) is 0 Å². The monoisotopic (exact) mass is 201 g/mol. The quantitative estimate of drug-likeness (QED) is 0.434. The molecule has 14 heavy (non-hydrogen) atoms. The van der Waals surface area contributed by atoms with Crippen LogP contribution in [0.4, 0.5) is 0 Å². The van der Waals surface area contributed by atoms with E-state index in [0.717, 1.165) is 0 Å². The summed E-state index contributed by atoms with van der Waals surface area (Å²) in [5, 5.41) is 11.2. The summed E-state index contributed by atoms with van der Waals surface area (Å²) in [4.78, 5) is 31.7.